The van der Waals surface area contributed by atoms with Gasteiger partial charge in [-0.15, -0.1) is 5.10 Å². The van der Waals surface area contributed by atoms with Crippen molar-refractivity contribution in [3.63, 3.8) is 0 Å². The van der Waals surface area contributed by atoms with E-state index >= 15 is 0 Å². The molecule has 0 amide bonds. The molecule has 4 heteroatoms. The van der Waals surface area contributed by atoms with Crippen molar-refractivity contribution in [3.05, 3.63) is 41.7 Å². The largest absolute Gasteiger partial charge is 0.221 e. The van der Waals surface area contributed by atoms with Crippen LogP contribution in [0.5, 0.6) is 0 Å². The number of hydrogen-bond donors (Lipinski definition) is 0. The molecule has 0 fully saturated rings. The van der Waals surface area contributed by atoms with Crippen molar-refractivity contribution in [2.24, 2.45) is 0 Å². The van der Waals surface area contributed by atoms with Crippen molar-refractivity contribution in [3.8, 4) is 5.69 Å². The van der Waals surface area contributed by atoms with Crippen molar-refractivity contribution >= 4 is 11.6 Å². The lowest BCUT2D eigenvalue weighted by atomic mass is 10.3. The van der Waals surface area contributed by atoms with E-state index in [9.17, 15) is 0 Å². The van der Waals surface area contributed by atoms with Gasteiger partial charge in [0.2, 0.25) is 0 Å². The van der Waals surface area contributed by atoms with E-state index in [0.717, 1.165) is 5.69 Å². The number of nitrogens with zero attached hydrogens (tertiary/aromatic N) is 3. The summed E-state index contributed by atoms with van der Waals surface area (Å²) in [5.41, 5.74) is 0.843. The Bertz CT molecular complexity index is 410. The van der Waals surface area contributed by atoms with E-state index in [1.54, 1.807) is 12.1 Å². The van der Waals surface area contributed by atoms with E-state index in [-0.39, 0.29) is 6.17 Å². The lowest BCUT2D eigenvalue weighted by Crippen LogP contribution is -1.93. The molecular formula is C8H6ClN3. The zero-order valence-electron chi connectivity index (χ0n) is 7.11. The van der Waals surface area contributed by atoms with Crippen molar-refractivity contribution in [1.29, 1.82) is 0 Å². The van der Waals surface area contributed by atoms with Gasteiger partial charge in [-0.2, -0.15) is 0 Å². The topological polar surface area (TPSA) is 30.7 Å². The molecule has 1 aromatic heterocycles. The number of hydrogen-bond acceptors (Lipinski definition) is 2. The smallest absolute Gasteiger partial charge is 0.0877 e. The van der Waals surface area contributed by atoms with Crippen LogP contribution in [0.1, 0.15) is 1.37 Å². The van der Waals surface area contributed by atoms with Gasteiger partial charge in [-0.25, -0.2) is 4.68 Å². The maximum Gasteiger partial charge on any atom is 0.0877 e. The molecule has 2 aromatic rings. The predicted octanol–water partition coefficient (Wildman–Crippen LogP) is 1.92. The van der Waals surface area contributed by atoms with Crippen LogP contribution in [0.4, 0.5) is 0 Å². The van der Waals surface area contributed by atoms with Gasteiger partial charge in [0, 0.05) is 5.02 Å². The summed E-state index contributed by atoms with van der Waals surface area (Å²) in [4.78, 5) is 0. The highest BCUT2D eigenvalue weighted by Gasteiger charge is 1.94. The van der Waals surface area contributed by atoms with Crippen LogP contribution in [0.3, 0.4) is 0 Å². The second-order valence-electron chi connectivity index (χ2n) is 2.27. The second kappa shape index (κ2) is 2.95. The Balaban J connectivity index is 2.41. The molecule has 1 aromatic carbocycles. The molecule has 0 saturated heterocycles. The van der Waals surface area contributed by atoms with Gasteiger partial charge in [0.05, 0.1) is 19.4 Å². The Morgan fingerprint density at radius 1 is 1.33 bits per heavy atom. The van der Waals surface area contributed by atoms with Crippen molar-refractivity contribution in [2.45, 2.75) is 0 Å². The Labute approximate surface area is 76.0 Å². The molecule has 1 heterocycles. The van der Waals surface area contributed by atoms with Crippen LogP contribution >= 0.6 is 11.6 Å². The van der Waals surface area contributed by atoms with Crippen molar-refractivity contribution in [2.75, 3.05) is 0 Å². The van der Waals surface area contributed by atoms with Crippen LogP contribution in [0.2, 0.25) is 5.02 Å². The molecule has 12 heavy (non-hydrogen) atoms. The molecule has 60 valence electrons. The molecular weight excluding hydrogens is 174 g/mol. The Hall–Kier alpha value is -1.35. The highest BCUT2D eigenvalue weighted by molar-refractivity contribution is 6.30. The Morgan fingerprint density at radius 2 is 2.08 bits per heavy atom. The van der Waals surface area contributed by atoms with E-state index in [0.29, 0.717) is 5.02 Å². The number of halogens is 1. The SMILES string of the molecule is [2H]c1cn(-c2ccc(Cl)cc2)nn1. The third-order valence-corrected chi connectivity index (χ3v) is 1.72. The first-order valence-corrected chi connectivity index (χ1v) is 3.78. The van der Waals surface area contributed by atoms with Gasteiger partial charge in [0.25, 0.3) is 0 Å². The first kappa shape index (κ1) is 6.20. The van der Waals surface area contributed by atoms with Gasteiger partial charge in [0.15, 0.2) is 0 Å². The number of rotatable bonds is 1. The molecule has 0 radical (unpaired) electrons. The standard InChI is InChI=1S/C8H6ClN3/c9-7-1-3-8(4-2-7)12-6-5-10-11-12/h1-6H/i5D. The van der Waals surface area contributed by atoms with Crippen molar-refractivity contribution in [1.82, 2.24) is 15.0 Å². The van der Waals surface area contributed by atoms with E-state index < -0.39 is 0 Å². The van der Waals surface area contributed by atoms with E-state index in [1.165, 1.54) is 10.9 Å². The van der Waals surface area contributed by atoms with Crippen LogP contribution in [-0.4, -0.2) is 15.0 Å². The molecule has 0 aliphatic rings. The fourth-order valence-corrected chi connectivity index (χ4v) is 1.03. The van der Waals surface area contributed by atoms with Gasteiger partial charge in [-0.1, -0.05) is 16.8 Å². The fourth-order valence-electron chi connectivity index (χ4n) is 0.900. The molecule has 0 bridgehead atoms. The summed E-state index contributed by atoms with van der Waals surface area (Å²) in [6, 6.07) is 7.16. The molecule has 0 unspecified atom stereocenters. The second-order valence-corrected chi connectivity index (χ2v) is 2.71. The zero-order chi connectivity index (χ0) is 9.26. The average Bonchev–Trinajstić information content (AvgIpc) is 2.53. The normalized spacial score (nSPS) is 11.2. The van der Waals surface area contributed by atoms with E-state index in [4.69, 9.17) is 13.0 Å². The van der Waals surface area contributed by atoms with Crippen LogP contribution < -0.4 is 0 Å². The van der Waals surface area contributed by atoms with E-state index in [1.807, 2.05) is 12.1 Å². The molecule has 0 spiro atoms. The highest BCUT2D eigenvalue weighted by Crippen LogP contribution is 2.11. The molecule has 0 N–H and O–H groups in total. The highest BCUT2D eigenvalue weighted by atomic mass is 35.5. The van der Waals surface area contributed by atoms with Gasteiger partial charge in [-0.05, 0) is 24.3 Å². The summed E-state index contributed by atoms with van der Waals surface area (Å²) < 4.78 is 8.71. The van der Waals surface area contributed by atoms with Gasteiger partial charge < -0.3 is 0 Å². The Kier molecular flexibility index (Phi) is 1.52. The third-order valence-electron chi connectivity index (χ3n) is 1.47. The van der Waals surface area contributed by atoms with Crippen LogP contribution in [-0.2, 0) is 0 Å². The molecule has 3 nitrogen and oxygen atoms in total. The average molecular weight is 181 g/mol. The molecule has 2 rings (SSSR count). The van der Waals surface area contributed by atoms with Gasteiger partial charge >= 0.3 is 0 Å². The van der Waals surface area contributed by atoms with Crippen LogP contribution in [0.25, 0.3) is 5.69 Å². The van der Waals surface area contributed by atoms with E-state index in [2.05, 4.69) is 10.3 Å². The molecule has 0 atom stereocenters. The van der Waals surface area contributed by atoms with Crippen LogP contribution in [0, 0.1) is 0 Å². The third kappa shape index (κ3) is 1.31. The summed E-state index contributed by atoms with van der Waals surface area (Å²) in [6.07, 6.45) is 1.68. The number of benzene rings is 1. The quantitative estimate of drug-likeness (QED) is 0.672. The van der Waals surface area contributed by atoms with Gasteiger partial charge in [-0.3, -0.25) is 0 Å². The number of aromatic nitrogens is 3. The minimum Gasteiger partial charge on any atom is -0.221 e. The van der Waals surface area contributed by atoms with Crippen molar-refractivity contribution < 1.29 is 1.37 Å². The summed E-state index contributed by atoms with van der Waals surface area (Å²) in [5.74, 6) is 0. The summed E-state index contributed by atoms with van der Waals surface area (Å²) in [6.45, 7) is 0. The first-order valence-electron chi connectivity index (χ1n) is 3.90. The fraction of sp³-hybridized carbons (Fsp3) is 0. The maximum atomic E-state index is 7.19. The minimum absolute atomic E-state index is 0.148. The first-order chi connectivity index (χ1) is 6.25. The summed E-state index contributed by atoms with van der Waals surface area (Å²) in [7, 11) is 0. The maximum absolute atomic E-state index is 7.19. The monoisotopic (exact) mass is 180 g/mol. The molecule has 0 aliphatic heterocycles. The molecule has 0 aliphatic carbocycles. The van der Waals surface area contributed by atoms with Gasteiger partial charge in [0.1, 0.15) is 0 Å². The molecule has 0 saturated carbocycles. The predicted molar refractivity (Wildman–Crippen MR) is 46.4 cm³/mol. The summed E-state index contributed by atoms with van der Waals surface area (Å²) >= 11 is 5.72. The Morgan fingerprint density at radius 3 is 2.67 bits per heavy atom. The summed E-state index contributed by atoms with van der Waals surface area (Å²) in [5, 5.41) is 7.99. The minimum atomic E-state index is 0.148. The lowest BCUT2D eigenvalue weighted by molar-refractivity contribution is 0.803. The zero-order valence-corrected chi connectivity index (χ0v) is 6.86. The lowest BCUT2D eigenvalue weighted by Gasteiger charge is -1.98. The van der Waals surface area contributed by atoms with Crippen LogP contribution in [0.15, 0.2) is 36.6 Å².